The Hall–Kier alpha value is -0.460. The maximum atomic E-state index is 11.5. The summed E-state index contributed by atoms with van der Waals surface area (Å²) < 4.78 is 32.6. The predicted octanol–water partition coefficient (Wildman–Crippen LogP) is 1.97. The minimum Gasteiger partial charge on any atom is -0.250 e. The van der Waals surface area contributed by atoms with E-state index in [4.69, 9.17) is 0 Å². The van der Waals surface area contributed by atoms with E-state index in [2.05, 4.69) is 17.4 Å². The lowest BCUT2D eigenvalue weighted by Crippen LogP contribution is -1.84. The van der Waals surface area contributed by atoms with Crippen LogP contribution in [0.3, 0.4) is 0 Å². The van der Waals surface area contributed by atoms with Crippen LogP contribution in [0, 0.1) is 0 Å². The predicted molar refractivity (Wildman–Crippen MR) is 32.6 cm³/mol. The van der Waals surface area contributed by atoms with Crippen molar-refractivity contribution in [3.8, 4) is 0 Å². The Kier molecular flexibility index (Phi) is 3.36. The summed E-state index contributed by atoms with van der Waals surface area (Å²) in [6.45, 7) is 2.90. The number of hydrogen-bond donors (Lipinski definition) is 0. The largest absolute Gasteiger partial charge is 0.404 e. The van der Waals surface area contributed by atoms with Crippen LogP contribution in [-0.2, 0) is 4.57 Å². The molecule has 0 amide bonds. The molecule has 0 saturated heterocycles. The smallest absolute Gasteiger partial charge is 0.250 e. The molecule has 0 aliphatic heterocycles. The molecule has 0 radical (unpaired) electrons. The third-order valence-electron chi connectivity index (χ3n) is 0.584. The van der Waals surface area contributed by atoms with Gasteiger partial charge in [-0.05, 0) is 12.4 Å². The molecular weight excluding hydrogens is 147 g/mol. The zero-order valence-corrected chi connectivity index (χ0v) is 5.57. The summed E-state index contributed by atoms with van der Waals surface area (Å²) in [5.41, 5.74) is 0. The first-order valence-electron chi connectivity index (χ1n) is 2.23. The van der Waals surface area contributed by atoms with Crippen molar-refractivity contribution in [1.82, 2.24) is 0 Å². The molecule has 0 spiro atoms. The maximum Gasteiger partial charge on any atom is 0.404 e. The number of rotatable bonds is 3. The molecule has 0 bridgehead atoms. The third kappa shape index (κ3) is 7.54. The molecule has 0 heterocycles. The van der Waals surface area contributed by atoms with Crippen molar-refractivity contribution in [2.45, 2.75) is 0 Å². The lowest BCUT2D eigenvalue weighted by molar-refractivity contribution is 0.494. The van der Waals surface area contributed by atoms with Crippen LogP contribution in [0.25, 0.3) is 0 Å². The first-order chi connectivity index (χ1) is 4.06. The van der Waals surface area contributed by atoms with Gasteiger partial charge in [-0.2, -0.15) is 8.39 Å². The second-order valence-electron chi connectivity index (χ2n) is 1.33. The van der Waals surface area contributed by atoms with Crippen molar-refractivity contribution >= 4 is 13.6 Å². The van der Waals surface area contributed by atoms with E-state index in [1.54, 1.807) is 0 Å². The molecule has 0 fully saturated rings. The minimum atomic E-state index is -4.86. The van der Waals surface area contributed by atoms with Crippen molar-refractivity contribution < 1.29 is 13.0 Å². The highest BCUT2D eigenvalue weighted by Crippen LogP contribution is 2.48. The van der Waals surface area contributed by atoms with Crippen molar-refractivity contribution in [2.24, 2.45) is 4.99 Å². The Balaban J connectivity index is 3.52. The summed E-state index contributed by atoms with van der Waals surface area (Å²) in [5, 5.41) is 0. The van der Waals surface area contributed by atoms with Gasteiger partial charge >= 0.3 is 7.76 Å². The summed E-state index contributed by atoms with van der Waals surface area (Å²) in [4.78, 5) is 3.24. The van der Waals surface area contributed by atoms with Crippen molar-refractivity contribution in [3.63, 3.8) is 0 Å². The lowest BCUT2D eigenvalue weighted by atomic mass is 10.8. The number of halogens is 2. The van der Waals surface area contributed by atoms with E-state index < -0.39 is 13.9 Å². The van der Waals surface area contributed by atoms with Gasteiger partial charge in [0.1, 0.15) is 0 Å². The summed E-state index contributed by atoms with van der Waals surface area (Å²) in [7, 11) is -4.86. The van der Waals surface area contributed by atoms with Gasteiger partial charge in [-0.3, -0.25) is 0 Å². The van der Waals surface area contributed by atoms with Gasteiger partial charge in [0, 0.05) is 0 Å². The first-order valence-corrected chi connectivity index (χ1v) is 3.90. The van der Waals surface area contributed by atoms with Gasteiger partial charge in [0.2, 0.25) is 0 Å². The fourth-order valence-corrected chi connectivity index (χ4v) is 0.578. The van der Waals surface area contributed by atoms with Crippen molar-refractivity contribution in [3.05, 3.63) is 6.58 Å². The molecule has 0 unspecified atom stereocenters. The van der Waals surface area contributed by atoms with Crippen LogP contribution in [0.5, 0.6) is 0 Å². The van der Waals surface area contributed by atoms with Crippen LogP contribution in [0.2, 0.25) is 0 Å². The second-order valence-corrected chi connectivity index (χ2v) is 2.92. The Bertz CT molecular complexity index is 169. The van der Waals surface area contributed by atoms with Gasteiger partial charge in [0.05, 0.1) is 12.7 Å². The highest BCUT2D eigenvalue weighted by atomic mass is 31.2. The monoisotopic (exact) mass is 153 g/mol. The molecular formula is C4H6F2NOP. The van der Waals surface area contributed by atoms with Gasteiger partial charge in [0.15, 0.2) is 0 Å². The highest BCUT2D eigenvalue weighted by molar-refractivity contribution is 7.52. The fraction of sp³-hybridized carbons (Fsp3) is 0.500. The first kappa shape index (κ1) is 8.54. The molecule has 0 aliphatic carbocycles. The third-order valence-corrected chi connectivity index (χ3v) is 1.30. The summed E-state index contributed by atoms with van der Waals surface area (Å²) in [5.74, 6) is 2.06. The van der Waals surface area contributed by atoms with Crippen molar-refractivity contribution in [1.29, 1.82) is 0 Å². The molecule has 0 atom stereocenters. The molecule has 0 N–H and O–H groups in total. The Morgan fingerprint density at radius 3 is 2.56 bits per heavy atom. The molecule has 0 aromatic carbocycles. The SMILES string of the molecule is C=C=NCCP(=O)(F)F. The Morgan fingerprint density at radius 1 is 1.67 bits per heavy atom. The molecule has 0 aromatic heterocycles. The van der Waals surface area contributed by atoms with Gasteiger partial charge < -0.3 is 0 Å². The van der Waals surface area contributed by atoms with E-state index in [0.717, 1.165) is 0 Å². The minimum absolute atomic E-state index is 0.159. The second kappa shape index (κ2) is 3.54. The molecule has 2 nitrogen and oxygen atoms in total. The van der Waals surface area contributed by atoms with E-state index in [9.17, 15) is 13.0 Å². The Labute approximate surface area is 51.9 Å². The average molecular weight is 153 g/mol. The summed E-state index contributed by atoms with van der Waals surface area (Å²) in [6, 6.07) is 0. The highest BCUT2D eigenvalue weighted by Gasteiger charge is 2.16. The lowest BCUT2D eigenvalue weighted by Gasteiger charge is -1.90. The van der Waals surface area contributed by atoms with E-state index in [1.165, 1.54) is 0 Å². The average Bonchev–Trinajstić information content (AvgIpc) is 1.63. The van der Waals surface area contributed by atoms with Gasteiger partial charge in [-0.15, -0.1) is 0 Å². The van der Waals surface area contributed by atoms with E-state index in [1.807, 2.05) is 0 Å². The molecule has 0 saturated carbocycles. The topological polar surface area (TPSA) is 29.4 Å². The normalized spacial score (nSPS) is 10.4. The zero-order valence-electron chi connectivity index (χ0n) is 4.68. The van der Waals surface area contributed by atoms with E-state index in [-0.39, 0.29) is 6.54 Å². The van der Waals surface area contributed by atoms with Crippen LogP contribution >= 0.6 is 7.76 Å². The molecule has 0 rings (SSSR count). The van der Waals surface area contributed by atoms with E-state index >= 15 is 0 Å². The number of hydrogen-bond acceptors (Lipinski definition) is 2. The van der Waals surface area contributed by atoms with Crippen LogP contribution in [0.1, 0.15) is 0 Å². The maximum absolute atomic E-state index is 11.5. The number of nitrogens with zero attached hydrogens (tertiary/aromatic N) is 1. The number of aliphatic imine (C=N–C) groups is 1. The van der Waals surface area contributed by atoms with Gasteiger partial charge in [-0.1, -0.05) is 0 Å². The summed E-state index contributed by atoms with van der Waals surface area (Å²) >= 11 is 0. The fourth-order valence-electron chi connectivity index (χ4n) is 0.245. The van der Waals surface area contributed by atoms with Crippen molar-refractivity contribution in [2.75, 3.05) is 12.7 Å². The quantitative estimate of drug-likeness (QED) is 0.450. The van der Waals surface area contributed by atoms with Crippen LogP contribution in [0.4, 0.5) is 8.39 Å². The van der Waals surface area contributed by atoms with Crippen LogP contribution in [-0.4, -0.2) is 18.6 Å². The van der Waals surface area contributed by atoms with Crippen LogP contribution < -0.4 is 0 Å². The Morgan fingerprint density at radius 2 is 2.22 bits per heavy atom. The van der Waals surface area contributed by atoms with E-state index in [0.29, 0.717) is 0 Å². The summed E-state index contributed by atoms with van der Waals surface area (Å²) in [6.07, 6.45) is -0.671. The molecule has 9 heavy (non-hydrogen) atoms. The van der Waals surface area contributed by atoms with Crippen LogP contribution in [0.15, 0.2) is 11.6 Å². The zero-order chi connectivity index (χ0) is 7.33. The standard InChI is InChI=1S/C4H6F2NOP/c1-2-7-3-4-9(5,6)8/h1,3-4H2. The molecule has 0 aromatic rings. The molecule has 5 heteroatoms. The van der Waals surface area contributed by atoms with Gasteiger partial charge in [0.25, 0.3) is 0 Å². The molecule has 52 valence electrons. The van der Waals surface area contributed by atoms with Gasteiger partial charge in [-0.25, -0.2) is 9.56 Å². The molecule has 0 aliphatic rings.